The van der Waals surface area contributed by atoms with E-state index in [1.165, 1.54) is 0 Å². The number of thioether (sulfide) groups is 1. The minimum absolute atomic E-state index is 0.353. The SMILES string of the molecule is CSCC(C)N(C)c1cnc(C(C)C)nc1CNC(C)C. The smallest absolute Gasteiger partial charge is 0.131 e. The summed E-state index contributed by atoms with van der Waals surface area (Å²) in [6.45, 7) is 11.6. The first-order valence-electron chi connectivity index (χ1n) is 7.67. The van der Waals surface area contributed by atoms with Crippen LogP contribution < -0.4 is 10.2 Å². The van der Waals surface area contributed by atoms with Gasteiger partial charge in [0.05, 0.1) is 17.6 Å². The minimum atomic E-state index is 0.353. The molecule has 1 aromatic heterocycles. The summed E-state index contributed by atoms with van der Waals surface area (Å²) in [4.78, 5) is 11.6. The standard InChI is InChI=1S/C16H30N4S/c1-11(2)16-18-9-15(20(6)13(5)10-21-7)14(19-16)8-17-12(3)4/h9,11-13,17H,8,10H2,1-7H3. The number of hydrogen-bond donors (Lipinski definition) is 1. The van der Waals surface area contributed by atoms with E-state index in [1.807, 2.05) is 18.0 Å². The third kappa shape index (κ3) is 5.47. The van der Waals surface area contributed by atoms with Gasteiger partial charge in [0.2, 0.25) is 0 Å². The summed E-state index contributed by atoms with van der Waals surface area (Å²) in [5.41, 5.74) is 2.23. The van der Waals surface area contributed by atoms with Crippen molar-refractivity contribution in [1.29, 1.82) is 0 Å². The molecule has 1 rings (SSSR count). The van der Waals surface area contributed by atoms with Gasteiger partial charge in [-0.15, -0.1) is 0 Å². The van der Waals surface area contributed by atoms with Crippen molar-refractivity contribution in [2.24, 2.45) is 0 Å². The Bertz CT molecular complexity index is 434. The first-order chi connectivity index (χ1) is 9.86. The summed E-state index contributed by atoms with van der Waals surface area (Å²) >= 11 is 1.87. The van der Waals surface area contributed by atoms with Crippen LogP contribution >= 0.6 is 11.8 Å². The van der Waals surface area contributed by atoms with E-state index in [-0.39, 0.29) is 0 Å². The lowest BCUT2D eigenvalue weighted by Gasteiger charge is -2.28. The largest absolute Gasteiger partial charge is 0.368 e. The van der Waals surface area contributed by atoms with Gasteiger partial charge in [-0.25, -0.2) is 9.97 Å². The van der Waals surface area contributed by atoms with Gasteiger partial charge in [-0.2, -0.15) is 11.8 Å². The van der Waals surface area contributed by atoms with Crippen molar-refractivity contribution in [2.75, 3.05) is 24.0 Å². The van der Waals surface area contributed by atoms with E-state index in [1.54, 1.807) is 0 Å². The number of nitrogens with one attached hydrogen (secondary N) is 1. The zero-order valence-corrected chi connectivity index (χ0v) is 15.3. The van der Waals surface area contributed by atoms with Crippen LogP contribution in [0.15, 0.2) is 6.20 Å². The maximum absolute atomic E-state index is 4.79. The van der Waals surface area contributed by atoms with Crippen molar-refractivity contribution in [2.45, 2.75) is 59.2 Å². The molecule has 0 aliphatic heterocycles. The quantitative estimate of drug-likeness (QED) is 0.798. The molecule has 1 unspecified atom stereocenters. The monoisotopic (exact) mass is 310 g/mol. The molecule has 0 fully saturated rings. The van der Waals surface area contributed by atoms with Crippen LogP contribution in [0.5, 0.6) is 0 Å². The molecule has 4 nitrogen and oxygen atoms in total. The van der Waals surface area contributed by atoms with Crippen LogP contribution in [0.25, 0.3) is 0 Å². The Morgan fingerprint density at radius 2 is 1.90 bits per heavy atom. The van der Waals surface area contributed by atoms with Crippen LogP contribution in [0.1, 0.15) is 52.1 Å². The number of nitrogens with zero attached hydrogens (tertiary/aromatic N) is 3. The Kier molecular flexibility index (Phi) is 7.46. The van der Waals surface area contributed by atoms with Crippen LogP contribution in [-0.4, -0.2) is 41.1 Å². The minimum Gasteiger partial charge on any atom is -0.368 e. The number of hydrogen-bond acceptors (Lipinski definition) is 5. The Hall–Kier alpha value is -0.810. The van der Waals surface area contributed by atoms with E-state index in [2.05, 4.69) is 63.1 Å². The topological polar surface area (TPSA) is 41.1 Å². The predicted octanol–water partition coefficient (Wildman–Crippen LogP) is 3.29. The number of rotatable bonds is 8. The molecule has 120 valence electrons. The highest BCUT2D eigenvalue weighted by molar-refractivity contribution is 7.98. The van der Waals surface area contributed by atoms with Crippen molar-refractivity contribution in [3.8, 4) is 0 Å². The van der Waals surface area contributed by atoms with Crippen molar-refractivity contribution < 1.29 is 0 Å². The fourth-order valence-electron chi connectivity index (χ4n) is 2.02. The summed E-state index contributed by atoms with van der Waals surface area (Å²) < 4.78 is 0. The Morgan fingerprint density at radius 1 is 1.24 bits per heavy atom. The Morgan fingerprint density at radius 3 is 2.43 bits per heavy atom. The molecule has 0 saturated carbocycles. The van der Waals surface area contributed by atoms with E-state index in [0.29, 0.717) is 18.0 Å². The summed E-state index contributed by atoms with van der Waals surface area (Å²) in [7, 11) is 2.13. The normalized spacial score (nSPS) is 13.0. The highest BCUT2D eigenvalue weighted by atomic mass is 32.2. The molecule has 0 spiro atoms. The van der Waals surface area contributed by atoms with Crippen LogP contribution in [0, 0.1) is 0 Å². The summed E-state index contributed by atoms with van der Waals surface area (Å²) in [5, 5.41) is 3.47. The number of anilines is 1. The Labute approximate surface area is 134 Å². The maximum atomic E-state index is 4.79. The van der Waals surface area contributed by atoms with Gasteiger partial charge in [0, 0.05) is 37.3 Å². The van der Waals surface area contributed by atoms with E-state index >= 15 is 0 Å². The van der Waals surface area contributed by atoms with E-state index in [4.69, 9.17) is 4.98 Å². The molecule has 0 aromatic carbocycles. The highest BCUT2D eigenvalue weighted by Crippen LogP contribution is 2.22. The molecule has 1 N–H and O–H groups in total. The van der Waals surface area contributed by atoms with Gasteiger partial charge < -0.3 is 10.2 Å². The molecular formula is C16H30N4S. The maximum Gasteiger partial charge on any atom is 0.131 e. The first kappa shape index (κ1) is 18.2. The van der Waals surface area contributed by atoms with Gasteiger partial charge in [-0.1, -0.05) is 27.7 Å². The second kappa shape index (κ2) is 8.59. The molecule has 0 radical (unpaired) electrons. The van der Waals surface area contributed by atoms with Gasteiger partial charge in [0.15, 0.2) is 0 Å². The average molecular weight is 311 g/mol. The lowest BCUT2D eigenvalue weighted by Crippen LogP contribution is -2.33. The van der Waals surface area contributed by atoms with Gasteiger partial charge in [-0.3, -0.25) is 0 Å². The molecular weight excluding hydrogens is 280 g/mol. The fraction of sp³-hybridized carbons (Fsp3) is 0.750. The Balaban J connectivity index is 3.04. The molecule has 1 aromatic rings. The van der Waals surface area contributed by atoms with Crippen LogP contribution in [0.2, 0.25) is 0 Å². The summed E-state index contributed by atoms with van der Waals surface area (Å²) in [6.07, 6.45) is 4.13. The van der Waals surface area contributed by atoms with Gasteiger partial charge in [-0.05, 0) is 13.2 Å². The molecule has 5 heteroatoms. The van der Waals surface area contributed by atoms with Gasteiger partial charge >= 0.3 is 0 Å². The molecule has 0 saturated heterocycles. The molecule has 0 aliphatic carbocycles. The molecule has 0 amide bonds. The number of aromatic nitrogens is 2. The molecule has 0 bridgehead atoms. The average Bonchev–Trinajstić information content (AvgIpc) is 2.44. The lowest BCUT2D eigenvalue weighted by atomic mass is 10.2. The first-order valence-corrected chi connectivity index (χ1v) is 9.07. The summed E-state index contributed by atoms with van der Waals surface area (Å²) in [6, 6.07) is 0.913. The van der Waals surface area contributed by atoms with Crippen molar-refractivity contribution >= 4 is 17.4 Å². The van der Waals surface area contributed by atoms with Crippen molar-refractivity contribution in [1.82, 2.24) is 15.3 Å². The zero-order chi connectivity index (χ0) is 16.0. The van der Waals surface area contributed by atoms with Crippen LogP contribution in [0.4, 0.5) is 5.69 Å². The second-order valence-corrected chi connectivity index (χ2v) is 7.08. The van der Waals surface area contributed by atoms with E-state index < -0.39 is 0 Å². The summed E-state index contributed by atoms with van der Waals surface area (Å²) in [5.74, 6) is 2.37. The zero-order valence-electron chi connectivity index (χ0n) is 14.5. The van der Waals surface area contributed by atoms with Gasteiger partial charge in [0.25, 0.3) is 0 Å². The molecule has 21 heavy (non-hydrogen) atoms. The van der Waals surface area contributed by atoms with Crippen molar-refractivity contribution in [3.63, 3.8) is 0 Å². The highest BCUT2D eigenvalue weighted by Gasteiger charge is 2.17. The second-order valence-electron chi connectivity index (χ2n) is 6.17. The van der Waals surface area contributed by atoms with Gasteiger partial charge in [0.1, 0.15) is 5.82 Å². The third-order valence-corrected chi connectivity index (χ3v) is 4.32. The van der Waals surface area contributed by atoms with Crippen molar-refractivity contribution in [3.05, 3.63) is 17.7 Å². The lowest BCUT2D eigenvalue weighted by molar-refractivity contribution is 0.575. The van der Waals surface area contributed by atoms with E-state index in [9.17, 15) is 0 Å². The van der Waals surface area contributed by atoms with Crippen LogP contribution in [-0.2, 0) is 6.54 Å². The fourth-order valence-corrected chi connectivity index (χ4v) is 2.73. The van der Waals surface area contributed by atoms with Crippen LogP contribution in [0.3, 0.4) is 0 Å². The molecule has 1 atom stereocenters. The third-order valence-electron chi connectivity index (χ3n) is 3.51. The molecule has 1 heterocycles. The van der Waals surface area contributed by atoms with E-state index in [0.717, 1.165) is 29.5 Å². The predicted molar refractivity (Wildman–Crippen MR) is 94.3 cm³/mol. The molecule has 0 aliphatic rings.